The first-order chi connectivity index (χ1) is 25.3. The highest BCUT2D eigenvalue weighted by Gasteiger charge is 2.33. The summed E-state index contributed by atoms with van der Waals surface area (Å²) in [7, 11) is 4.83. The lowest BCUT2D eigenvalue weighted by Gasteiger charge is -2.29. The van der Waals surface area contributed by atoms with Crippen LogP contribution in [0.25, 0.3) is 44.0 Å². The number of H-pyrrole nitrogens is 1. The van der Waals surface area contributed by atoms with Gasteiger partial charge in [0, 0.05) is 55.4 Å². The number of ether oxygens (including phenoxy) is 1. The van der Waals surface area contributed by atoms with E-state index in [1.54, 1.807) is 21.2 Å². The van der Waals surface area contributed by atoms with Gasteiger partial charge >= 0.3 is 11.8 Å². The van der Waals surface area contributed by atoms with Crippen LogP contribution in [0.1, 0.15) is 30.9 Å². The third kappa shape index (κ3) is 6.85. The number of likely N-dealkylation sites (tertiary alicyclic amines) is 1. The number of nitrogens with one attached hydrogen (secondary N) is 1. The van der Waals surface area contributed by atoms with Gasteiger partial charge in [-0.05, 0) is 79.9 Å². The van der Waals surface area contributed by atoms with E-state index in [2.05, 4.69) is 37.2 Å². The molecule has 0 spiro atoms. The first kappa shape index (κ1) is 34.4. The van der Waals surface area contributed by atoms with Gasteiger partial charge in [-0.25, -0.2) is 4.79 Å². The largest absolute Gasteiger partial charge is 0.495 e. The zero-order valence-corrected chi connectivity index (χ0v) is 29.8. The lowest BCUT2D eigenvalue weighted by Crippen LogP contribution is -2.42. The zero-order chi connectivity index (χ0) is 36.4. The maximum atomic E-state index is 13.9. The predicted molar refractivity (Wildman–Crippen MR) is 199 cm³/mol. The van der Waals surface area contributed by atoms with E-state index in [4.69, 9.17) is 9.15 Å². The molecule has 7 rings (SSSR count). The number of benzene rings is 3. The summed E-state index contributed by atoms with van der Waals surface area (Å²) < 4.78 is 11.9. The number of hydrogen-bond donors (Lipinski definition) is 1. The highest BCUT2D eigenvalue weighted by molar-refractivity contribution is 6.00. The van der Waals surface area contributed by atoms with Crippen molar-refractivity contribution in [2.24, 2.45) is 13.0 Å². The summed E-state index contributed by atoms with van der Waals surface area (Å²) in [6, 6.07) is 22.4. The summed E-state index contributed by atoms with van der Waals surface area (Å²) in [5.41, 5.74) is 7.03. The van der Waals surface area contributed by atoms with Crippen LogP contribution in [-0.4, -0.2) is 95.0 Å². The second-order valence-corrected chi connectivity index (χ2v) is 13.0. The highest BCUT2D eigenvalue weighted by atomic mass is 16.5. The summed E-state index contributed by atoms with van der Waals surface area (Å²) in [5.74, 6) is 0.360. The molecule has 0 saturated carbocycles. The van der Waals surface area contributed by atoms with Crippen LogP contribution < -0.4 is 15.4 Å². The van der Waals surface area contributed by atoms with Crippen molar-refractivity contribution in [3.63, 3.8) is 0 Å². The van der Waals surface area contributed by atoms with Gasteiger partial charge in [-0.15, -0.1) is 5.10 Å². The lowest BCUT2D eigenvalue weighted by atomic mass is 9.98. The van der Waals surface area contributed by atoms with Gasteiger partial charge < -0.3 is 19.0 Å². The van der Waals surface area contributed by atoms with Gasteiger partial charge in [0.2, 0.25) is 17.7 Å². The molecule has 5 aromatic rings. The van der Waals surface area contributed by atoms with Gasteiger partial charge in [0.05, 0.1) is 25.1 Å². The van der Waals surface area contributed by atoms with Crippen molar-refractivity contribution in [1.82, 2.24) is 29.8 Å². The molecule has 0 bridgehead atoms. The Hall–Kier alpha value is -6.00. The van der Waals surface area contributed by atoms with Crippen LogP contribution in [0.15, 0.2) is 76.0 Å². The number of amides is 2. The summed E-state index contributed by atoms with van der Waals surface area (Å²) >= 11 is 0. The second kappa shape index (κ2) is 14.7. The predicted octanol–water partition coefficient (Wildman–Crippen LogP) is 4.89. The lowest BCUT2D eigenvalue weighted by molar-refractivity contribution is -0.132. The molecule has 3 aromatic carbocycles. The van der Waals surface area contributed by atoms with E-state index in [9.17, 15) is 14.4 Å². The summed E-state index contributed by atoms with van der Waals surface area (Å²) in [5, 5.41) is 12.7. The van der Waals surface area contributed by atoms with Crippen LogP contribution >= 0.6 is 0 Å². The summed E-state index contributed by atoms with van der Waals surface area (Å²) in [6.45, 7) is 5.19. The molecule has 0 unspecified atom stereocenters. The number of fused-ring (bicyclic) bond motifs is 1. The Balaban J connectivity index is 0.969. The average molecular weight is 702 g/mol. The number of rotatable bonds is 9. The zero-order valence-electron chi connectivity index (χ0n) is 29.8. The Bertz CT molecular complexity index is 2290. The maximum Gasteiger partial charge on any atom is 0.437 e. The Morgan fingerprint density at radius 1 is 1.08 bits per heavy atom. The van der Waals surface area contributed by atoms with Crippen molar-refractivity contribution < 1.29 is 18.7 Å². The SMILES string of the molecule is CCN(C(=O)[C@@H]1CCN(CC(=O)N2CC=C(c3ccc(-c4nn(C)c(=O)o4)cc3)CC2)C1)c1ccc2[nH]nc(-c3ccc(C#[N+]C)c(OC)c3)c2c1. The molecule has 1 atom stereocenters. The van der Waals surface area contributed by atoms with Crippen molar-refractivity contribution in [2.75, 3.05) is 58.3 Å². The van der Waals surface area contributed by atoms with Gasteiger partial charge in [-0.2, -0.15) is 9.78 Å². The number of methoxy groups -OCH3 is 1. The number of aryl methyl sites for hydroxylation is 1. The highest BCUT2D eigenvalue weighted by Crippen LogP contribution is 2.34. The fraction of sp³-hybridized carbons (Fsp3) is 0.333. The fourth-order valence-electron chi connectivity index (χ4n) is 7.04. The number of nitrogens with zero attached hydrogens (tertiary/aromatic N) is 7. The molecule has 1 saturated heterocycles. The molecule has 13 nitrogen and oxygen atoms in total. The van der Waals surface area contributed by atoms with Crippen LogP contribution in [-0.2, 0) is 16.6 Å². The number of anilines is 1. The molecule has 2 aliphatic rings. The fourth-order valence-corrected chi connectivity index (χ4v) is 7.04. The normalized spacial score (nSPS) is 16.0. The minimum atomic E-state index is -0.502. The van der Waals surface area contributed by atoms with Crippen LogP contribution in [0.5, 0.6) is 5.75 Å². The number of aromatic nitrogens is 4. The molecule has 1 fully saturated rings. The van der Waals surface area contributed by atoms with E-state index in [1.807, 2.05) is 77.4 Å². The summed E-state index contributed by atoms with van der Waals surface area (Å²) in [6.07, 6.45) is 3.54. The van der Waals surface area contributed by atoms with E-state index in [0.717, 1.165) is 51.0 Å². The van der Waals surface area contributed by atoms with E-state index in [-0.39, 0.29) is 30.2 Å². The van der Waals surface area contributed by atoms with Crippen molar-refractivity contribution in [1.29, 1.82) is 0 Å². The van der Waals surface area contributed by atoms with Gasteiger partial charge in [0.1, 0.15) is 17.0 Å². The molecule has 13 heteroatoms. The molecule has 0 radical (unpaired) electrons. The Morgan fingerprint density at radius 2 is 1.87 bits per heavy atom. The number of carbonyl (C=O) groups excluding carboxylic acids is 2. The van der Waals surface area contributed by atoms with Crippen LogP contribution in [0, 0.1) is 12.0 Å². The Morgan fingerprint density at radius 3 is 2.56 bits per heavy atom. The van der Waals surface area contributed by atoms with Crippen LogP contribution in [0.4, 0.5) is 5.69 Å². The first-order valence-electron chi connectivity index (χ1n) is 17.4. The Kier molecular flexibility index (Phi) is 9.73. The van der Waals surface area contributed by atoms with Crippen LogP contribution in [0.3, 0.4) is 0 Å². The molecule has 4 heterocycles. The molecule has 2 amide bonds. The van der Waals surface area contributed by atoms with Crippen molar-refractivity contribution >= 4 is 34.0 Å². The minimum absolute atomic E-state index is 0.0593. The molecule has 52 heavy (non-hydrogen) atoms. The number of carbonyl (C=O) groups is 2. The van der Waals surface area contributed by atoms with Gasteiger partial charge in [0.15, 0.2) is 0 Å². The minimum Gasteiger partial charge on any atom is -0.495 e. The van der Waals surface area contributed by atoms with Crippen molar-refractivity contribution in [2.45, 2.75) is 19.8 Å². The molecule has 0 aliphatic carbocycles. The first-order valence-corrected chi connectivity index (χ1v) is 17.4. The molecule has 2 aliphatic heterocycles. The standard InChI is InChI=1S/C39H40N8O5/c1-5-47(31-12-13-33-32(21-31)36(42-41-33)28-10-11-29(22-40-2)34(20-28)51-4)38(49)30-14-17-45(23-30)24-35(48)46-18-15-26(16-19-46)25-6-8-27(9-7-25)37-43-44(3)39(50)52-37/h6-13,15,20-21,30H,5,14,16-19,23-24H2,1-4H3/p+1/t30-/m1/s1. The average Bonchev–Trinajstić information content (AvgIpc) is 3.91. The Labute approximate surface area is 300 Å². The second-order valence-electron chi connectivity index (χ2n) is 13.0. The van der Waals surface area contributed by atoms with Gasteiger partial charge in [-0.1, -0.05) is 29.1 Å². The van der Waals surface area contributed by atoms with Gasteiger partial charge in [0.25, 0.3) is 7.05 Å². The van der Waals surface area contributed by atoms with Crippen LogP contribution in [0.2, 0.25) is 0 Å². The quantitative estimate of drug-likeness (QED) is 0.230. The van der Waals surface area contributed by atoms with E-state index < -0.39 is 5.76 Å². The summed E-state index contributed by atoms with van der Waals surface area (Å²) in [4.78, 5) is 48.7. The third-order valence-electron chi connectivity index (χ3n) is 9.88. The maximum absolute atomic E-state index is 13.9. The molecule has 266 valence electrons. The van der Waals surface area contributed by atoms with E-state index in [0.29, 0.717) is 44.9 Å². The molecule has 2 aromatic heterocycles. The van der Waals surface area contributed by atoms with E-state index >= 15 is 0 Å². The topological polar surface area (TPSA) is 134 Å². The third-order valence-corrected chi connectivity index (χ3v) is 9.88. The monoisotopic (exact) mass is 701 g/mol. The molecular formula is C39H41N8O5+. The van der Waals surface area contributed by atoms with Crippen molar-refractivity contribution in [3.8, 4) is 34.5 Å². The number of hydrogen-bond acceptors (Lipinski definition) is 8. The molecular weight excluding hydrogens is 660 g/mol. The van der Waals surface area contributed by atoms with E-state index in [1.165, 1.54) is 10.3 Å². The van der Waals surface area contributed by atoms with Gasteiger partial charge in [-0.3, -0.25) is 19.6 Å². The van der Waals surface area contributed by atoms with Crippen molar-refractivity contribution in [3.05, 3.63) is 93.3 Å². The number of aromatic amines is 1. The molecule has 1 N–H and O–H groups in total. The smallest absolute Gasteiger partial charge is 0.437 e.